The standard InChI is InChI=1S/C14H21NO2/c1-4-17-14(16)12(2)10-15(3)11-13-8-6-5-7-9-13/h5-9,12H,4,10-11H2,1-3H3. The largest absolute Gasteiger partial charge is 0.466 e. The van der Waals surface area contributed by atoms with E-state index in [1.54, 1.807) is 0 Å². The van der Waals surface area contributed by atoms with Gasteiger partial charge in [0.1, 0.15) is 0 Å². The third kappa shape index (κ3) is 5.00. The lowest BCUT2D eigenvalue weighted by Crippen LogP contribution is -2.29. The molecule has 1 rings (SSSR count). The average Bonchev–Trinajstić information content (AvgIpc) is 2.30. The van der Waals surface area contributed by atoms with Crippen LogP contribution in [0.25, 0.3) is 0 Å². The van der Waals surface area contributed by atoms with Crippen molar-refractivity contribution in [3.05, 3.63) is 35.9 Å². The summed E-state index contributed by atoms with van der Waals surface area (Å²) in [5.41, 5.74) is 1.26. The Morgan fingerprint density at radius 2 is 2.00 bits per heavy atom. The molecule has 0 spiro atoms. The molecule has 3 nitrogen and oxygen atoms in total. The molecule has 94 valence electrons. The summed E-state index contributed by atoms with van der Waals surface area (Å²) in [5.74, 6) is -0.198. The van der Waals surface area contributed by atoms with Gasteiger partial charge in [0.2, 0.25) is 0 Å². The number of rotatable bonds is 6. The smallest absolute Gasteiger partial charge is 0.309 e. The third-order valence-corrected chi connectivity index (χ3v) is 2.57. The summed E-state index contributed by atoms with van der Waals surface area (Å²) in [4.78, 5) is 13.6. The van der Waals surface area contributed by atoms with E-state index < -0.39 is 0 Å². The number of carbonyl (C=O) groups excluding carboxylic acids is 1. The van der Waals surface area contributed by atoms with Crippen LogP contribution in [-0.4, -0.2) is 31.1 Å². The fraction of sp³-hybridized carbons (Fsp3) is 0.500. The van der Waals surface area contributed by atoms with Crippen molar-refractivity contribution in [3.63, 3.8) is 0 Å². The highest BCUT2D eigenvalue weighted by Gasteiger charge is 2.15. The Morgan fingerprint density at radius 1 is 1.35 bits per heavy atom. The summed E-state index contributed by atoms with van der Waals surface area (Å²) in [5, 5.41) is 0. The van der Waals surface area contributed by atoms with E-state index >= 15 is 0 Å². The highest BCUT2D eigenvalue weighted by Crippen LogP contribution is 2.06. The van der Waals surface area contributed by atoms with Gasteiger partial charge in [-0.25, -0.2) is 0 Å². The monoisotopic (exact) mass is 235 g/mol. The predicted octanol–water partition coefficient (Wildman–Crippen LogP) is 2.32. The molecule has 0 saturated carbocycles. The van der Waals surface area contributed by atoms with Gasteiger partial charge in [0, 0.05) is 13.1 Å². The number of nitrogens with zero attached hydrogens (tertiary/aromatic N) is 1. The van der Waals surface area contributed by atoms with Crippen LogP contribution in [0, 0.1) is 5.92 Å². The van der Waals surface area contributed by atoms with Gasteiger partial charge in [0.15, 0.2) is 0 Å². The number of benzene rings is 1. The van der Waals surface area contributed by atoms with E-state index in [-0.39, 0.29) is 11.9 Å². The summed E-state index contributed by atoms with van der Waals surface area (Å²) in [6, 6.07) is 10.2. The van der Waals surface area contributed by atoms with Crippen LogP contribution in [0.3, 0.4) is 0 Å². The lowest BCUT2D eigenvalue weighted by Gasteiger charge is -2.20. The molecule has 17 heavy (non-hydrogen) atoms. The molecule has 0 N–H and O–H groups in total. The first kappa shape index (κ1) is 13.7. The summed E-state index contributed by atoms with van der Waals surface area (Å²) in [7, 11) is 2.02. The topological polar surface area (TPSA) is 29.5 Å². The Bertz CT molecular complexity index is 337. The maximum atomic E-state index is 11.5. The first-order valence-corrected chi connectivity index (χ1v) is 6.02. The lowest BCUT2D eigenvalue weighted by molar-refractivity contribution is -0.147. The Balaban J connectivity index is 2.39. The minimum atomic E-state index is -0.118. The van der Waals surface area contributed by atoms with Gasteiger partial charge >= 0.3 is 5.97 Å². The molecule has 0 aromatic heterocycles. The molecule has 1 atom stereocenters. The molecular weight excluding hydrogens is 214 g/mol. The van der Waals surface area contributed by atoms with Gasteiger partial charge in [-0.15, -0.1) is 0 Å². The van der Waals surface area contributed by atoms with Crippen molar-refractivity contribution in [2.45, 2.75) is 20.4 Å². The van der Waals surface area contributed by atoms with Gasteiger partial charge in [-0.2, -0.15) is 0 Å². The van der Waals surface area contributed by atoms with E-state index in [4.69, 9.17) is 4.74 Å². The SMILES string of the molecule is CCOC(=O)C(C)CN(C)Cc1ccccc1. The van der Waals surface area contributed by atoms with Crippen molar-refractivity contribution in [2.24, 2.45) is 5.92 Å². The van der Waals surface area contributed by atoms with Crippen molar-refractivity contribution >= 4 is 5.97 Å². The second-order valence-electron chi connectivity index (χ2n) is 4.34. The Morgan fingerprint density at radius 3 is 2.59 bits per heavy atom. The van der Waals surface area contributed by atoms with Gasteiger partial charge in [0.05, 0.1) is 12.5 Å². The number of esters is 1. The van der Waals surface area contributed by atoms with Crippen LogP contribution in [0.15, 0.2) is 30.3 Å². The van der Waals surface area contributed by atoms with Crippen LogP contribution < -0.4 is 0 Å². The Kier molecular flexibility index (Phi) is 5.70. The predicted molar refractivity (Wildman–Crippen MR) is 68.6 cm³/mol. The van der Waals surface area contributed by atoms with Gasteiger partial charge in [0.25, 0.3) is 0 Å². The fourth-order valence-electron chi connectivity index (χ4n) is 1.79. The molecular formula is C14H21NO2. The molecule has 0 heterocycles. The maximum absolute atomic E-state index is 11.5. The molecule has 1 aromatic carbocycles. The Labute approximate surface area is 103 Å². The fourth-order valence-corrected chi connectivity index (χ4v) is 1.79. The minimum Gasteiger partial charge on any atom is -0.466 e. The summed E-state index contributed by atoms with van der Waals surface area (Å²) in [6.45, 7) is 5.75. The second kappa shape index (κ2) is 7.07. The van der Waals surface area contributed by atoms with E-state index in [1.807, 2.05) is 39.1 Å². The molecule has 0 aliphatic heterocycles. The molecule has 0 aliphatic rings. The van der Waals surface area contributed by atoms with Gasteiger partial charge in [-0.05, 0) is 19.5 Å². The third-order valence-electron chi connectivity index (χ3n) is 2.57. The zero-order valence-electron chi connectivity index (χ0n) is 10.8. The quantitative estimate of drug-likeness (QED) is 0.709. The number of ether oxygens (including phenoxy) is 1. The van der Waals surface area contributed by atoms with Gasteiger partial charge < -0.3 is 9.64 Å². The van der Waals surface area contributed by atoms with Crippen LogP contribution in [-0.2, 0) is 16.1 Å². The number of hydrogen-bond acceptors (Lipinski definition) is 3. The normalized spacial score (nSPS) is 12.5. The van der Waals surface area contributed by atoms with Crippen molar-refractivity contribution in [3.8, 4) is 0 Å². The number of carbonyl (C=O) groups is 1. The van der Waals surface area contributed by atoms with Crippen LogP contribution in [0.4, 0.5) is 0 Å². The summed E-state index contributed by atoms with van der Waals surface area (Å²) in [6.07, 6.45) is 0. The van der Waals surface area contributed by atoms with Crippen molar-refractivity contribution < 1.29 is 9.53 Å². The van der Waals surface area contributed by atoms with Gasteiger partial charge in [-0.1, -0.05) is 37.3 Å². The van der Waals surface area contributed by atoms with Crippen LogP contribution in [0.1, 0.15) is 19.4 Å². The molecule has 0 aliphatic carbocycles. The van der Waals surface area contributed by atoms with E-state index in [2.05, 4.69) is 17.0 Å². The first-order chi connectivity index (χ1) is 8.13. The summed E-state index contributed by atoms with van der Waals surface area (Å²) >= 11 is 0. The van der Waals surface area contributed by atoms with E-state index in [9.17, 15) is 4.79 Å². The van der Waals surface area contributed by atoms with Crippen LogP contribution in [0.5, 0.6) is 0 Å². The van der Waals surface area contributed by atoms with Crippen LogP contribution >= 0.6 is 0 Å². The molecule has 0 fully saturated rings. The molecule has 1 aromatic rings. The molecule has 0 amide bonds. The zero-order valence-corrected chi connectivity index (χ0v) is 10.8. The molecule has 0 saturated heterocycles. The molecule has 0 bridgehead atoms. The summed E-state index contributed by atoms with van der Waals surface area (Å²) < 4.78 is 4.99. The lowest BCUT2D eigenvalue weighted by atomic mass is 10.1. The molecule has 0 radical (unpaired) electrons. The number of hydrogen-bond donors (Lipinski definition) is 0. The first-order valence-electron chi connectivity index (χ1n) is 6.02. The second-order valence-corrected chi connectivity index (χ2v) is 4.34. The van der Waals surface area contributed by atoms with Crippen molar-refractivity contribution in [2.75, 3.05) is 20.2 Å². The highest BCUT2D eigenvalue weighted by atomic mass is 16.5. The zero-order chi connectivity index (χ0) is 12.7. The molecule has 1 unspecified atom stereocenters. The average molecular weight is 235 g/mol. The molecule has 3 heteroatoms. The van der Waals surface area contributed by atoms with Crippen LogP contribution in [0.2, 0.25) is 0 Å². The highest BCUT2D eigenvalue weighted by molar-refractivity contribution is 5.72. The Hall–Kier alpha value is -1.35. The minimum absolute atomic E-state index is 0.0799. The van der Waals surface area contributed by atoms with E-state index in [0.717, 1.165) is 6.54 Å². The van der Waals surface area contributed by atoms with Crippen molar-refractivity contribution in [1.82, 2.24) is 4.90 Å². The van der Waals surface area contributed by atoms with E-state index in [1.165, 1.54) is 5.56 Å². The van der Waals surface area contributed by atoms with E-state index in [0.29, 0.717) is 13.2 Å². The maximum Gasteiger partial charge on any atom is 0.309 e. The van der Waals surface area contributed by atoms with Crippen molar-refractivity contribution in [1.29, 1.82) is 0 Å². The van der Waals surface area contributed by atoms with Gasteiger partial charge in [-0.3, -0.25) is 4.79 Å².